The topological polar surface area (TPSA) is 178 Å². The Hall–Kier alpha value is -4.03. The third-order valence-corrected chi connectivity index (χ3v) is 9.05. The number of aromatic nitrogens is 3. The van der Waals surface area contributed by atoms with E-state index in [0.29, 0.717) is 18.2 Å². The van der Waals surface area contributed by atoms with E-state index in [2.05, 4.69) is 10.1 Å². The van der Waals surface area contributed by atoms with Crippen LogP contribution < -0.4 is 0 Å². The Morgan fingerprint density at radius 2 is 1.67 bits per heavy atom. The van der Waals surface area contributed by atoms with Gasteiger partial charge in [0.1, 0.15) is 35.7 Å². The zero-order valence-electron chi connectivity index (χ0n) is 23.4. The minimum absolute atomic E-state index is 0.0668. The van der Waals surface area contributed by atoms with E-state index < -0.39 is 56.4 Å². The standard InChI is InChI=1S/C24H24F3N3O5S2.C4H4O4/c1-16(24(31,13-30-15-28-14-29-30)21-7-4-18(26)10-22(21)27)36-19-11-34-23(35-12-19)8-9-37(32,33)20-5-2-17(25)3-6-20;5-3(6)1-2-4(7)8/h2-10,14-16,19,23,31H,11-13H2,1H3;1-2H,(H,5,6)(H,7,8)/b9-8+;2-1-/t16-,19?,23?,24-;/m1./s1. The predicted molar refractivity (Wildman–Crippen MR) is 154 cm³/mol. The fourth-order valence-electron chi connectivity index (χ4n) is 3.94. The summed E-state index contributed by atoms with van der Waals surface area (Å²) in [7, 11) is -3.81. The summed E-state index contributed by atoms with van der Waals surface area (Å²) in [5, 5.41) is 31.3. The van der Waals surface area contributed by atoms with Crippen molar-refractivity contribution in [2.75, 3.05) is 13.2 Å². The summed E-state index contributed by atoms with van der Waals surface area (Å²) < 4.78 is 78.7. The summed E-state index contributed by atoms with van der Waals surface area (Å²) in [6, 6.07) is 7.42. The Balaban J connectivity index is 0.000000610. The highest BCUT2D eigenvalue weighted by Crippen LogP contribution is 2.38. The predicted octanol–water partition coefficient (Wildman–Crippen LogP) is 3.15. The van der Waals surface area contributed by atoms with Crippen LogP contribution in [0.15, 0.2) is 83.7 Å². The number of aliphatic hydroxyl groups is 1. The Bertz CT molecular complexity index is 1600. The van der Waals surface area contributed by atoms with Crippen LogP contribution in [0.5, 0.6) is 0 Å². The number of benzene rings is 2. The van der Waals surface area contributed by atoms with Crippen molar-refractivity contribution in [1.29, 1.82) is 0 Å². The lowest BCUT2D eigenvalue weighted by Crippen LogP contribution is -2.43. The number of sulfone groups is 1. The molecule has 3 N–H and O–H groups in total. The highest BCUT2D eigenvalue weighted by Gasteiger charge is 2.41. The third-order valence-electron chi connectivity index (χ3n) is 6.15. The fraction of sp³-hybridized carbons (Fsp3) is 0.286. The molecule has 1 fully saturated rings. The second-order valence-corrected chi connectivity index (χ2v) is 12.9. The molecular weight excluding hydrogens is 643 g/mol. The summed E-state index contributed by atoms with van der Waals surface area (Å²) in [5.74, 6) is -4.71. The molecule has 0 amide bonds. The number of ether oxygens (including phenoxy) is 2. The molecule has 45 heavy (non-hydrogen) atoms. The second kappa shape index (κ2) is 15.8. The zero-order valence-corrected chi connectivity index (χ0v) is 25.1. The highest BCUT2D eigenvalue weighted by atomic mass is 32.2. The number of rotatable bonds is 11. The smallest absolute Gasteiger partial charge is 0.328 e. The van der Waals surface area contributed by atoms with Crippen LogP contribution >= 0.6 is 11.8 Å². The summed E-state index contributed by atoms with van der Waals surface area (Å²) in [4.78, 5) is 22.9. The van der Waals surface area contributed by atoms with Crippen LogP contribution in [0.4, 0.5) is 13.2 Å². The van der Waals surface area contributed by atoms with Crippen LogP contribution in [0.2, 0.25) is 0 Å². The van der Waals surface area contributed by atoms with Crippen molar-refractivity contribution in [3.63, 3.8) is 0 Å². The van der Waals surface area contributed by atoms with Crippen LogP contribution in [0.1, 0.15) is 12.5 Å². The number of carbonyl (C=O) groups is 2. The van der Waals surface area contributed by atoms with Crippen LogP contribution in [-0.2, 0) is 41.0 Å². The molecule has 2 heterocycles. The van der Waals surface area contributed by atoms with Gasteiger partial charge in [-0.25, -0.2) is 40.8 Å². The minimum atomic E-state index is -3.81. The molecule has 1 aliphatic heterocycles. The molecule has 2 aromatic carbocycles. The lowest BCUT2D eigenvalue weighted by molar-refractivity contribution is -0.146. The molecular formula is C28H28F3N3O9S2. The normalized spacial score (nSPS) is 19.0. The van der Waals surface area contributed by atoms with Crippen molar-refractivity contribution >= 4 is 33.5 Å². The number of carboxylic acid groups (broad SMARTS) is 2. The molecule has 0 saturated carbocycles. The SMILES string of the molecule is C[C@@H](SC1COC(/C=C/S(=O)(=O)c2ccc(F)cc2)OC1)[C@](O)(Cn1cncn1)c1ccc(F)cc1F.O=C(O)/C=C\C(=O)O. The van der Waals surface area contributed by atoms with Crippen molar-refractivity contribution in [2.24, 2.45) is 0 Å². The molecule has 0 radical (unpaired) electrons. The van der Waals surface area contributed by atoms with Gasteiger partial charge in [-0.05, 0) is 36.4 Å². The molecule has 242 valence electrons. The lowest BCUT2D eigenvalue weighted by Gasteiger charge is -2.37. The number of halogens is 3. The average molecular weight is 672 g/mol. The van der Waals surface area contributed by atoms with Gasteiger partial charge in [-0.1, -0.05) is 13.0 Å². The fourth-order valence-corrected chi connectivity index (χ4v) is 6.27. The quantitative estimate of drug-likeness (QED) is 0.201. The third kappa shape index (κ3) is 10.5. The van der Waals surface area contributed by atoms with Crippen LogP contribution in [0.25, 0.3) is 0 Å². The first-order valence-corrected chi connectivity index (χ1v) is 15.4. The number of thioether (sulfide) groups is 1. The maximum absolute atomic E-state index is 14.7. The van der Waals surface area contributed by atoms with E-state index in [1.54, 1.807) is 6.92 Å². The Morgan fingerprint density at radius 1 is 1.07 bits per heavy atom. The molecule has 1 aromatic heterocycles. The van der Waals surface area contributed by atoms with Gasteiger partial charge in [-0.15, -0.1) is 11.8 Å². The van der Waals surface area contributed by atoms with Crippen molar-refractivity contribution in [2.45, 2.75) is 40.8 Å². The molecule has 2 atom stereocenters. The molecule has 3 aromatic rings. The summed E-state index contributed by atoms with van der Waals surface area (Å²) in [5.41, 5.74) is -1.87. The molecule has 0 spiro atoms. The number of nitrogens with zero attached hydrogens (tertiary/aromatic N) is 3. The van der Waals surface area contributed by atoms with Gasteiger partial charge in [0.05, 0.1) is 29.9 Å². The number of carboxylic acids is 2. The first-order valence-electron chi connectivity index (χ1n) is 12.9. The van der Waals surface area contributed by atoms with E-state index >= 15 is 0 Å². The summed E-state index contributed by atoms with van der Waals surface area (Å²) in [6.45, 7) is 1.88. The monoisotopic (exact) mass is 671 g/mol. The van der Waals surface area contributed by atoms with Gasteiger partial charge in [-0.3, -0.25) is 0 Å². The van der Waals surface area contributed by atoms with Gasteiger partial charge in [0.2, 0.25) is 0 Å². The molecule has 0 bridgehead atoms. The van der Waals surface area contributed by atoms with Crippen molar-refractivity contribution < 1.29 is 56.0 Å². The number of hydrogen-bond donors (Lipinski definition) is 3. The Labute approximate surface area is 259 Å². The molecule has 1 saturated heterocycles. The molecule has 17 heteroatoms. The van der Waals surface area contributed by atoms with Crippen molar-refractivity contribution in [3.05, 3.63) is 102 Å². The van der Waals surface area contributed by atoms with E-state index in [-0.39, 0.29) is 35.5 Å². The van der Waals surface area contributed by atoms with Gasteiger partial charge in [-0.2, -0.15) is 5.10 Å². The second-order valence-electron chi connectivity index (χ2n) is 9.41. The van der Waals surface area contributed by atoms with Crippen molar-refractivity contribution in [3.8, 4) is 0 Å². The van der Waals surface area contributed by atoms with E-state index in [9.17, 15) is 36.3 Å². The van der Waals surface area contributed by atoms with Crippen LogP contribution in [0.3, 0.4) is 0 Å². The number of aliphatic carboxylic acids is 2. The van der Waals surface area contributed by atoms with Gasteiger partial charge in [0.15, 0.2) is 16.1 Å². The molecule has 0 unspecified atom stereocenters. The summed E-state index contributed by atoms with van der Waals surface area (Å²) >= 11 is 1.28. The van der Waals surface area contributed by atoms with E-state index in [0.717, 1.165) is 35.7 Å². The number of hydrogen-bond acceptors (Lipinski definition) is 10. The lowest BCUT2D eigenvalue weighted by atomic mass is 9.90. The van der Waals surface area contributed by atoms with E-state index in [1.165, 1.54) is 41.2 Å². The largest absolute Gasteiger partial charge is 0.478 e. The molecule has 0 aliphatic carbocycles. The summed E-state index contributed by atoms with van der Waals surface area (Å²) in [6.07, 6.45) is 4.10. The first-order chi connectivity index (χ1) is 21.2. The highest BCUT2D eigenvalue weighted by molar-refractivity contribution is 8.00. The van der Waals surface area contributed by atoms with Crippen LogP contribution in [0, 0.1) is 17.5 Å². The molecule has 12 nitrogen and oxygen atoms in total. The maximum atomic E-state index is 14.7. The van der Waals surface area contributed by atoms with E-state index in [1.807, 2.05) is 0 Å². The average Bonchev–Trinajstić information content (AvgIpc) is 3.49. The van der Waals surface area contributed by atoms with Gasteiger partial charge < -0.3 is 24.8 Å². The minimum Gasteiger partial charge on any atom is -0.478 e. The van der Waals surface area contributed by atoms with Gasteiger partial charge in [0, 0.05) is 34.4 Å². The van der Waals surface area contributed by atoms with Crippen LogP contribution in [-0.4, -0.2) is 80.4 Å². The van der Waals surface area contributed by atoms with E-state index in [4.69, 9.17) is 19.7 Å². The Kier molecular flexibility index (Phi) is 12.5. The van der Waals surface area contributed by atoms with Gasteiger partial charge in [0.25, 0.3) is 0 Å². The first kappa shape index (κ1) is 35.4. The molecule has 1 aliphatic rings. The van der Waals surface area contributed by atoms with Gasteiger partial charge >= 0.3 is 11.9 Å². The maximum Gasteiger partial charge on any atom is 0.328 e. The molecule has 4 rings (SSSR count). The Morgan fingerprint density at radius 3 is 2.20 bits per heavy atom. The zero-order chi connectivity index (χ0) is 33.2. The van der Waals surface area contributed by atoms with Crippen molar-refractivity contribution in [1.82, 2.24) is 14.8 Å².